The van der Waals surface area contributed by atoms with Crippen molar-refractivity contribution in [3.05, 3.63) is 26.4 Å². The largest absolute Gasteiger partial charge is 0.466 e. The molecule has 0 unspecified atom stereocenters. The molecule has 2 aromatic rings. The minimum Gasteiger partial charge on any atom is -0.466 e. The first-order chi connectivity index (χ1) is 9.55. The van der Waals surface area contributed by atoms with Gasteiger partial charge in [-0.1, -0.05) is 0 Å². The lowest BCUT2D eigenvalue weighted by atomic mass is 10.3. The van der Waals surface area contributed by atoms with E-state index in [0.29, 0.717) is 0 Å². The number of esters is 1. The second kappa shape index (κ2) is 5.51. The van der Waals surface area contributed by atoms with Crippen molar-refractivity contribution in [1.82, 2.24) is 19.9 Å². The zero-order valence-corrected chi connectivity index (χ0v) is 10.9. The van der Waals surface area contributed by atoms with Crippen molar-refractivity contribution in [2.45, 2.75) is 13.3 Å². The Balaban J connectivity index is 2.52. The Morgan fingerprint density at radius 3 is 2.65 bits per heavy atom. The number of fused-ring (bicyclic) bond motifs is 1. The lowest BCUT2D eigenvalue weighted by molar-refractivity contribution is -0.142. The maximum absolute atomic E-state index is 11.8. The fourth-order valence-corrected chi connectivity index (χ4v) is 1.61. The number of hydrogen-bond donors (Lipinski definition) is 3. The first-order valence-corrected chi connectivity index (χ1v) is 5.91. The molecule has 0 saturated heterocycles. The summed E-state index contributed by atoms with van der Waals surface area (Å²) in [6.45, 7) is 1.86. The molecule has 106 valence electrons. The second-order valence-corrected chi connectivity index (χ2v) is 3.86. The van der Waals surface area contributed by atoms with Crippen LogP contribution in [0.25, 0.3) is 11.2 Å². The van der Waals surface area contributed by atoms with Gasteiger partial charge in [0.25, 0.3) is 11.1 Å². The van der Waals surface area contributed by atoms with Crippen LogP contribution in [-0.4, -0.2) is 39.6 Å². The fraction of sp³-hybridized carbons (Fsp3) is 0.364. The predicted molar refractivity (Wildman–Crippen MR) is 70.7 cm³/mol. The first kappa shape index (κ1) is 13.7. The summed E-state index contributed by atoms with van der Waals surface area (Å²) in [5.41, 5.74) is -1.16. The van der Waals surface area contributed by atoms with E-state index in [1.165, 1.54) is 0 Å². The summed E-state index contributed by atoms with van der Waals surface area (Å²) in [6.07, 6.45) is -0.299. The van der Waals surface area contributed by atoms with E-state index in [1.54, 1.807) is 14.0 Å². The van der Waals surface area contributed by atoms with Gasteiger partial charge in [0.15, 0.2) is 11.2 Å². The van der Waals surface area contributed by atoms with E-state index in [4.69, 9.17) is 4.74 Å². The number of rotatable bonds is 4. The highest BCUT2D eigenvalue weighted by Gasteiger charge is 2.13. The number of nitrogens with one attached hydrogen (secondary N) is 3. The maximum atomic E-state index is 11.8. The predicted octanol–water partition coefficient (Wildman–Crippen LogP) is -0.846. The van der Waals surface area contributed by atoms with Crippen LogP contribution in [0.1, 0.15) is 12.6 Å². The summed E-state index contributed by atoms with van der Waals surface area (Å²) < 4.78 is 4.74. The molecule has 2 aromatic heterocycles. The van der Waals surface area contributed by atoms with Crippen molar-refractivity contribution in [2.75, 3.05) is 19.0 Å². The molecule has 9 heteroatoms. The molecule has 0 fully saturated rings. The Labute approximate surface area is 112 Å². The summed E-state index contributed by atoms with van der Waals surface area (Å²) in [7, 11) is 1.57. The number of H-pyrrole nitrogens is 2. The number of carbonyl (C=O) groups excluding carboxylic acids is 1. The van der Waals surface area contributed by atoms with Gasteiger partial charge in [-0.05, 0) is 6.92 Å². The molecule has 0 aliphatic rings. The highest BCUT2D eigenvalue weighted by atomic mass is 16.5. The first-order valence-electron chi connectivity index (χ1n) is 5.91. The van der Waals surface area contributed by atoms with E-state index < -0.39 is 17.1 Å². The smallest absolute Gasteiger partial charge is 0.312 e. The third-order valence-electron chi connectivity index (χ3n) is 2.49. The number of hydrogen-bond acceptors (Lipinski definition) is 7. The van der Waals surface area contributed by atoms with Crippen LogP contribution in [-0.2, 0) is 16.0 Å². The molecule has 0 saturated carbocycles. The average molecular weight is 279 g/mol. The van der Waals surface area contributed by atoms with E-state index in [0.717, 1.165) is 0 Å². The lowest BCUT2D eigenvalue weighted by Crippen LogP contribution is -2.24. The van der Waals surface area contributed by atoms with Crippen molar-refractivity contribution < 1.29 is 9.53 Å². The van der Waals surface area contributed by atoms with Gasteiger partial charge in [-0.2, -0.15) is 4.98 Å². The molecule has 0 aliphatic heterocycles. The normalized spacial score (nSPS) is 10.5. The van der Waals surface area contributed by atoms with Crippen molar-refractivity contribution in [3.8, 4) is 0 Å². The van der Waals surface area contributed by atoms with E-state index in [-0.39, 0.29) is 35.8 Å². The van der Waals surface area contributed by atoms with Gasteiger partial charge in [-0.3, -0.25) is 19.4 Å². The third kappa shape index (κ3) is 2.66. The Bertz CT molecular complexity index is 763. The van der Waals surface area contributed by atoms with Crippen LogP contribution in [0.2, 0.25) is 0 Å². The maximum Gasteiger partial charge on any atom is 0.312 e. The number of ether oxygens (including phenoxy) is 1. The SMILES string of the molecule is CCOC(=O)Cc1nc2c(=O)[nH]c(NC)nc2[nH]c1=O. The molecule has 0 aromatic carbocycles. The monoisotopic (exact) mass is 279 g/mol. The molecular formula is C11H13N5O4. The lowest BCUT2D eigenvalue weighted by Gasteiger charge is -2.03. The van der Waals surface area contributed by atoms with Crippen molar-refractivity contribution in [2.24, 2.45) is 0 Å². The van der Waals surface area contributed by atoms with Gasteiger partial charge in [0, 0.05) is 7.05 Å². The molecule has 2 rings (SSSR count). The summed E-state index contributed by atoms with van der Waals surface area (Å²) in [4.78, 5) is 47.7. The summed E-state index contributed by atoms with van der Waals surface area (Å²) in [5, 5.41) is 2.65. The summed E-state index contributed by atoms with van der Waals surface area (Å²) in [6, 6.07) is 0. The van der Waals surface area contributed by atoms with E-state index >= 15 is 0 Å². The van der Waals surface area contributed by atoms with Crippen LogP contribution in [0.4, 0.5) is 5.95 Å². The average Bonchev–Trinajstić information content (AvgIpc) is 2.40. The summed E-state index contributed by atoms with van der Waals surface area (Å²) in [5.74, 6) is -0.376. The molecule has 0 bridgehead atoms. The Morgan fingerprint density at radius 2 is 2.00 bits per heavy atom. The highest BCUT2D eigenvalue weighted by molar-refractivity contribution is 5.74. The van der Waals surface area contributed by atoms with Crippen molar-refractivity contribution in [3.63, 3.8) is 0 Å². The minimum absolute atomic E-state index is 0.0390. The van der Waals surface area contributed by atoms with Gasteiger partial charge in [0.2, 0.25) is 5.95 Å². The molecular weight excluding hydrogens is 266 g/mol. The van der Waals surface area contributed by atoms with Gasteiger partial charge in [0.1, 0.15) is 5.69 Å². The van der Waals surface area contributed by atoms with Gasteiger partial charge in [-0.15, -0.1) is 0 Å². The van der Waals surface area contributed by atoms with Crippen molar-refractivity contribution >= 4 is 23.1 Å². The van der Waals surface area contributed by atoms with Gasteiger partial charge in [-0.25, -0.2) is 4.98 Å². The van der Waals surface area contributed by atoms with E-state index in [2.05, 4.69) is 25.3 Å². The zero-order valence-electron chi connectivity index (χ0n) is 10.9. The Morgan fingerprint density at radius 1 is 1.25 bits per heavy atom. The van der Waals surface area contributed by atoms with Crippen LogP contribution in [0.15, 0.2) is 9.59 Å². The second-order valence-electron chi connectivity index (χ2n) is 3.86. The Kier molecular flexibility index (Phi) is 3.78. The molecule has 0 radical (unpaired) electrons. The molecule has 0 amide bonds. The standard InChI is InChI=1S/C11H13N5O4/c1-3-20-6(17)4-5-9(18)14-8-7(13-5)10(19)16-11(12-2)15-8/h3-4H2,1-2H3,(H3,12,14,15,16,18,19). The number of carbonyl (C=O) groups is 1. The quantitative estimate of drug-likeness (QED) is 0.621. The van der Waals surface area contributed by atoms with Gasteiger partial charge in [0.05, 0.1) is 13.0 Å². The van der Waals surface area contributed by atoms with E-state index in [1.807, 2.05) is 0 Å². The molecule has 3 N–H and O–H groups in total. The molecule has 0 aliphatic carbocycles. The number of nitrogens with zero attached hydrogens (tertiary/aromatic N) is 2. The minimum atomic E-state index is -0.582. The number of aromatic nitrogens is 4. The molecule has 0 atom stereocenters. The zero-order chi connectivity index (χ0) is 14.7. The van der Waals surface area contributed by atoms with Crippen LogP contribution in [0, 0.1) is 0 Å². The van der Waals surface area contributed by atoms with Gasteiger partial charge < -0.3 is 15.0 Å². The molecule has 9 nitrogen and oxygen atoms in total. The number of aromatic amines is 2. The van der Waals surface area contributed by atoms with Crippen LogP contribution < -0.4 is 16.4 Å². The van der Waals surface area contributed by atoms with Gasteiger partial charge >= 0.3 is 5.97 Å². The fourth-order valence-electron chi connectivity index (χ4n) is 1.61. The van der Waals surface area contributed by atoms with Crippen LogP contribution in [0.5, 0.6) is 0 Å². The molecule has 20 heavy (non-hydrogen) atoms. The van der Waals surface area contributed by atoms with Crippen molar-refractivity contribution in [1.29, 1.82) is 0 Å². The van der Waals surface area contributed by atoms with E-state index in [9.17, 15) is 14.4 Å². The highest BCUT2D eigenvalue weighted by Crippen LogP contribution is 2.02. The third-order valence-corrected chi connectivity index (χ3v) is 2.49. The van der Waals surface area contributed by atoms with Crippen LogP contribution >= 0.6 is 0 Å². The summed E-state index contributed by atoms with van der Waals surface area (Å²) >= 11 is 0. The number of anilines is 1. The molecule has 2 heterocycles. The Hall–Kier alpha value is -2.71. The van der Waals surface area contributed by atoms with Crippen LogP contribution in [0.3, 0.4) is 0 Å². The topological polar surface area (TPSA) is 130 Å². The molecule has 0 spiro atoms.